The van der Waals surface area contributed by atoms with Crippen molar-refractivity contribution in [2.45, 2.75) is 0 Å². The van der Waals surface area contributed by atoms with Crippen LogP contribution in [-0.2, 0) is 0 Å². The van der Waals surface area contributed by atoms with E-state index in [0.717, 1.165) is 22.3 Å². The molecule has 0 aromatic heterocycles. The van der Waals surface area contributed by atoms with Crippen LogP contribution in [0.3, 0.4) is 0 Å². The van der Waals surface area contributed by atoms with E-state index < -0.39 is 0 Å². The van der Waals surface area contributed by atoms with Crippen molar-refractivity contribution in [3.05, 3.63) is 36.4 Å². The van der Waals surface area contributed by atoms with Crippen LogP contribution < -0.4 is 9.47 Å². The number of benzene rings is 2. The van der Waals surface area contributed by atoms with E-state index in [4.69, 9.17) is 9.47 Å². The summed E-state index contributed by atoms with van der Waals surface area (Å²) in [7, 11) is 3.30. The van der Waals surface area contributed by atoms with Gasteiger partial charge in [0.1, 0.15) is 11.5 Å². The molecular formula is C12H11O2. The molecule has 0 saturated heterocycles. The monoisotopic (exact) mass is 187 g/mol. The van der Waals surface area contributed by atoms with Gasteiger partial charge in [-0.3, -0.25) is 0 Å². The molecule has 0 spiro atoms. The van der Waals surface area contributed by atoms with Crippen LogP contribution in [0.1, 0.15) is 0 Å². The molecule has 0 atom stereocenters. The standard InChI is InChI=1S/C12H11O2/c1-13-10-6-7-11-9(8-10)4-3-5-12(11)14-2/h3-7H,1-2H3. The highest BCUT2D eigenvalue weighted by molar-refractivity contribution is 5.88. The van der Waals surface area contributed by atoms with E-state index in [1.165, 1.54) is 0 Å². The molecule has 2 aromatic carbocycles. The zero-order valence-corrected chi connectivity index (χ0v) is 8.20. The van der Waals surface area contributed by atoms with Crippen LogP contribution in [0.15, 0.2) is 30.3 Å². The topological polar surface area (TPSA) is 18.5 Å². The Labute approximate surface area is 83.1 Å². The van der Waals surface area contributed by atoms with Gasteiger partial charge in [-0.25, -0.2) is 0 Å². The van der Waals surface area contributed by atoms with Gasteiger partial charge < -0.3 is 9.47 Å². The number of rotatable bonds is 2. The zero-order valence-electron chi connectivity index (χ0n) is 8.20. The average molecular weight is 187 g/mol. The van der Waals surface area contributed by atoms with E-state index in [1.807, 2.05) is 30.3 Å². The third-order valence-corrected chi connectivity index (χ3v) is 2.17. The molecule has 2 heteroatoms. The number of methoxy groups -OCH3 is 2. The first-order valence-corrected chi connectivity index (χ1v) is 4.38. The largest absolute Gasteiger partial charge is 0.496 e. The van der Waals surface area contributed by atoms with Gasteiger partial charge in [-0.15, -0.1) is 0 Å². The van der Waals surface area contributed by atoms with Crippen LogP contribution >= 0.6 is 0 Å². The molecule has 1 radical (unpaired) electrons. The van der Waals surface area contributed by atoms with Crippen LogP contribution in [0.4, 0.5) is 0 Å². The van der Waals surface area contributed by atoms with E-state index in [0.29, 0.717) is 0 Å². The lowest BCUT2D eigenvalue weighted by molar-refractivity contribution is 0.413. The molecule has 2 aromatic rings. The molecule has 0 aliphatic rings. The Kier molecular flexibility index (Phi) is 2.27. The SMILES string of the molecule is COc1[c]c2cccc(OC)c2cc1. The van der Waals surface area contributed by atoms with Gasteiger partial charge in [-0.2, -0.15) is 0 Å². The van der Waals surface area contributed by atoms with Crippen molar-refractivity contribution in [2.75, 3.05) is 14.2 Å². The third kappa shape index (κ3) is 1.39. The van der Waals surface area contributed by atoms with Gasteiger partial charge in [0.05, 0.1) is 14.2 Å². The molecule has 2 rings (SSSR count). The third-order valence-electron chi connectivity index (χ3n) is 2.17. The van der Waals surface area contributed by atoms with E-state index in [2.05, 4.69) is 6.07 Å². The Morgan fingerprint density at radius 1 is 1.00 bits per heavy atom. The Morgan fingerprint density at radius 2 is 1.86 bits per heavy atom. The molecule has 14 heavy (non-hydrogen) atoms. The molecule has 0 heterocycles. The normalized spacial score (nSPS) is 10.1. The van der Waals surface area contributed by atoms with Crippen LogP contribution in [-0.4, -0.2) is 14.2 Å². The van der Waals surface area contributed by atoms with Crippen LogP contribution in [0.5, 0.6) is 11.5 Å². The maximum Gasteiger partial charge on any atom is 0.127 e. The van der Waals surface area contributed by atoms with Gasteiger partial charge in [-0.05, 0) is 23.6 Å². The molecule has 0 amide bonds. The van der Waals surface area contributed by atoms with Gasteiger partial charge in [-0.1, -0.05) is 12.1 Å². The van der Waals surface area contributed by atoms with Crippen molar-refractivity contribution in [1.29, 1.82) is 0 Å². The second-order valence-electron chi connectivity index (χ2n) is 2.95. The fourth-order valence-corrected chi connectivity index (χ4v) is 1.46. The smallest absolute Gasteiger partial charge is 0.127 e. The zero-order chi connectivity index (χ0) is 9.97. The molecular weight excluding hydrogens is 176 g/mol. The lowest BCUT2D eigenvalue weighted by Gasteiger charge is -2.05. The van der Waals surface area contributed by atoms with Gasteiger partial charge in [0, 0.05) is 11.5 Å². The van der Waals surface area contributed by atoms with E-state index in [-0.39, 0.29) is 0 Å². The predicted molar refractivity (Wildman–Crippen MR) is 55.9 cm³/mol. The maximum atomic E-state index is 5.24. The Balaban J connectivity index is 2.67. The summed E-state index contributed by atoms with van der Waals surface area (Å²) in [6, 6.07) is 12.9. The van der Waals surface area contributed by atoms with E-state index in [1.54, 1.807) is 14.2 Å². The highest BCUT2D eigenvalue weighted by Gasteiger charge is 2.01. The fourth-order valence-electron chi connectivity index (χ4n) is 1.46. The molecule has 71 valence electrons. The summed E-state index contributed by atoms with van der Waals surface area (Å²) in [5, 5.41) is 2.06. The van der Waals surface area contributed by atoms with Crippen molar-refractivity contribution in [1.82, 2.24) is 0 Å². The molecule has 0 N–H and O–H groups in total. The molecule has 0 bridgehead atoms. The maximum absolute atomic E-state index is 5.24. The summed E-state index contributed by atoms with van der Waals surface area (Å²) in [6.45, 7) is 0. The van der Waals surface area contributed by atoms with Crippen molar-refractivity contribution in [3.63, 3.8) is 0 Å². The first-order valence-electron chi connectivity index (χ1n) is 4.38. The first-order chi connectivity index (χ1) is 6.85. The average Bonchev–Trinajstić information content (AvgIpc) is 2.27. The first kappa shape index (κ1) is 8.88. The Bertz CT molecular complexity index is 449. The minimum Gasteiger partial charge on any atom is -0.496 e. The Morgan fingerprint density at radius 3 is 2.57 bits per heavy atom. The second kappa shape index (κ2) is 3.58. The fraction of sp³-hybridized carbons (Fsp3) is 0.167. The summed E-state index contributed by atoms with van der Waals surface area (Å²) in [5.41, 5.74) is 0. The molecule has 0 unspecified atom stereocenters. The van der Waals surface area contributed by atoms with Crippen molar-refractivity contribution < 1.29 is 9.47 Å². The molecule has 2 nitrogen and oxygen atoms in total. The van der Waals surface area contributed by atoms with Crippen molar-refractivity contribution in [2.24, 2.45) is 0 Å². The highest BCUT2D eigenvalue weighted by atomic mass is 16.5. The Hall–Kier alpha value is -1.70. The quantitative estimate of drug-likeness (QED) is 0.719. The molecule has 0 saturated carbocycles. The molecule has 0 fully saturated rings. The highest BCUT2D eigenvalue weighted by Crippen LogP contribution is 2.27. The van der Waals surface area contributed by atoms with Gasteiger partial charge in [0.25, 0.3) is 0 Å². The number of ether oxygens (including phenoxy) is 2. The van der Waals surface area contributed by atoms with Crippen LogP contribution in [0, 0.1) is 6.07 Å². The summed E-state index contributed by atoms with van der Waals surface area (Å²) in [5.74, 6) is 1.60. The van der Waals surface area contributed by atoms with Crippen LogP contribution in [0.25, 0.3) is 10.8 Å². The van der Waals surface area contributed by atoms with Gasteiger partial charge in [0.2, 0.25) is 0 Å². The summed E-state index contributed by atoms with van der Waals surface area (Å²) in [6.07, 6.45) is 0. The number of hydrogen-bond acceptors (Lipinski definition) is 2. The lowest BCUT2D eigenvalue weighted by atomic mass is 10.1. The molecule has 0 aliphatic heterocycles. The summed E-state index contributed by atoms with van der Waals surface area (Å²) < 4.78 is 10.3. The number of fused-ring (bicyclic) bond motifs is 1. The lowest BCUT2D eigenvalue weighted by Crippen LogP contribution is -1.86. The van der Waals surface area contributed by atoms with E-state index in [9.17, 15) is 0 Å². The second-order valence-corrected chi connectivity index (χ2v) is 2.95. The minimum atomic E-state index is 0.741. The summed E-state index contributed by atoms with van der Waals surface area (Å²) in [4.78, 5) is 0. The van der Waals surface area contributed by atoms with Gasteiger partial charge in [0.15, 0.2) is 0 Å². The minimum absolute atomic E-state index is 0.741. The predicted octanol–water partition coefficient (Wildman–Crippen LogP) is 2.66. The number of hydrogen-bond donors (Lipinski definition) is 0. The summed E-state index contributed by atoms with van der Waals surface area (Å²) >= 11 is 0. The van der Waals surface area contributed by atoms with Crippen molar-refractivity contribution >= 4 is 10.8 Å². The van der Waals surface area contributed by atoms with Crippen molar-refractivity contribution in [3.8, 4) is 11.5 Å². The van der Waals surface area contributed by atoms with Gasteiger partial charge >= 0.3 is 0 Å². The van der Waals surface area contributed by atoms with Crippen LogP contribution in [0.2, 0.25) is 0 Å². The van der Waals surface area contributed by atoms with E-state index >= 15 is 0 Å². The molecule has 0 aliphatic carbocycles.